The molecule has 0 atom stereocenters. The lowest BCUT2D eigenvalue weighted by Crippen LogP contribution is -2.37. The lowest BCUT2D eigenvalue weighted by atomic mass is 10.1. The number of rotatable bonds is 6. The van der Waals surface area contributed by atoms with Crippen LogP contribution in [0, 0.1) is 5.82 Å². The lowest BCUT2D eigenvalue weighted by Gasteiger charge is -2.08. The van der Waals surface area contributed by atoms with Crippen molar-refractivity contribution in [3.8, 4) is 0 Å². The Labute approximate surface area is 142 Å². The largest absolute Gasteiger partial charge is 0.354 e. The van der Waals surface area contributed by atoms with Gasteiger partial charge >= 0.3 is 0 Å². The molecule has 0 aromatic heterocycles. The van der Waals surface area contributed by atoms with Crippen LogP contribution in [0.25, 0.3) is 0 Å². The summed E-state index contributed by atoms with van der Waals surface area (Å²) in [4.78, 5) is 23.6. The van der Waals surface area contributed by atoms with E-state index in [-0.39, 0.29) is 24.2 Å². The second kappa shape index (κ2) is 8.43. The van der Waals surface area contributed by atoms with E-state index in [1.807, 2.05) is 0 Å². The highest BCUT2D eigenvalue weighted by atomic mass is 79.9. The minimum Gasteiger partial charge on any atom is -0.354 e. The van der Waals surface area contributed by atoms with E-state index in [1.165, 1.54) is 12.1 Å². The van der Waals surface area contributed by atoms with E-state index in [9.17, 15) is 14.0 Å². The third kappa shape index (κ3) is 5.49. The van der Waals surface area contributed by atoms with Gasteiger partial charge in [-0.2, -0.15) is 0 Å². The Kier molecular flexibility index (Phi) is 6.29. The number of nitrogens with one attached hydrogen (secondary N) is 2. The number of carbonyl (C=O) groups excluding carboxylic acids is 2. The molecule has 0 saturated heterocycles. The SMILES string of the molecule is O=C(CNC(=O)c1ccccc1Br)NCCc1cccc(F)c1. The molecule has 4 nitrogen and oxygen atoms in total. The van der Waals surface area contributed by atoms with Gasteiger partial charge in [-0.05, 0) is 52.2 Å². The number of hydrogen-bond donors (Lipinski definition) is 2. The summed E-state index contributed by atoms with van der Waals surface area (Å²) in [5.74, 6) is -0.908. The summed E-state index contributed by atoms with van der Waals surface area (Å²) in [6.45, 7) is 0.274. The summed E-state index contributed by atoms with van der Waals surface area (Å²) < 4.78 is 13.7. The topological polar surface area (TPSA) is 58.2 Å². The maximum absolute atomic E-state index is 13.0. The van der Waals surface area contributed by atoms with Crippen LogP contribution in [0.1, 0.15) is 15.9 Å². The lowest BCUT2D eigenvalue weighted by molar-refractivity contribution is -0.120. The van der Waals surface area contributed by atoms with Gasteiger partial charge in [0, 0.05) is 11.0 Å². The standard InChI is InChI=1S/C17H16BrFN2O2/c18-15-7-2-1-6-14(15)17(23)21-11-16(22)20-9-8-12-4-3-5-13(19)10-12/h1-7,10H,8-9,11H2,(H,20,22)(H,21,23). The Hall–Kier alpha value is -2.21. The number of benzene rings is 2. The predicted octanol–water partition coefficient (Wildman–Crippen LogP) is 2.68. The summed E-state index contributed by atoms with van der Waals surface area (Å²) >= 11 is 3.29. The van der Waals surface area contributed by atoms with Crippen LogP contribution < -0.4 is 10.6 Å². The quantitative estimate of drug-likeness (QED) is 0.811. The second-order valence-corrected chi connectivity index (χ2v) is 5.75. The molecule has 120 valence electrons. The van der Waals surface area contributed by atoms with Gasteiger partial charge in [0.2, 0.25) is 5.91 Å². The van der Waals surface area contributed by atoms with Crippen LogP contribution in [0.4, 0.5) is 4.39 Å². The van der Waals surface area contributed by atoms with Crippen molar-refractivity contribution < 1.29 is 14.0 Å². The number of halogens is 2. The molecule has 2 rings (SSSR count). The first-order valence-electron chi connectivity index (χ1n) is 7.10. The first-order valence-corrected chi connectivity index (χ1v) is 7.89. The van der Waals surface area contributed by atoms with Gasteiger partial charge in [0.15, 0.2) is 0 Å². The fourth-order valence-electron chi connectivity index (χ4n) is 2.00. The van der Waals surface area contributed by atoms with Gasteiger partial charge in [0.05, 0.1) is 12.1 Å². The van der Waals surface area contributed by atoms with E-state index in [1.54, 1.807) is 36.4 Å². The average Bonchev–Trinajstić information content (AvgIpc) is 2.53. The van der Waals surface area contributed by atoms with Crippen LogP contribution in [0.3, 0.4) is 0 Å². The molecule has 0 spiro atoms. The zero-order valence-electron chi connectivity index (χ0n) is 12.3. The third-order valence-electron chi connectivity index (χ3n) is 3.15. The van der Waals surface area contributed by atoms with Crippen molar-refractivity contribution >= 4 is 27.7 Å². The molecule has 0 aliphatic rings. The van der Waals surface area contributed by atoms with Gasteiger partial charge < -0.3 is 10.6 Å². The van der Waals surface area contributed by atoms with Crippen molar-refractivity contribution in [1.82, 2.24) is 10.6 Å². The maximum atomic E-state index is 13.0. The van der Waals surface area contributed by atoms with E-state index in [4.69, 9.17) is 0 Å². The molecule has 0 radical (unpaired) electrons. The van der Waals surface area contributed by atoms with Crippen molar-refractivity contribution in [2.75, 3.05) is 13.1 Å². The Bertz CT molecular complexity index is 706. The van der Waals surface area contributed by atoms with Gasteiger partial charge in [-0.25, -0.2) is 4.39 Å². The van der Waals surface area contributed by atoms with E-state index in [0.717, 1.165) is 5.56 Å². The van der Waals surface area contributed by atoms with Crippen molar-refractivity contribution in [3.63, 3.8) is 0 Å². The maximum Gasteiger partial charge on any atom is 0.252 e. The molecule has 0 heterocycles. The molecule has 0 aliphatic carbocycles. The molecule has 2 aromatic carbocycles. The fourth-order valence-corrected chi connectivity index (χ4v) is 2.47. The smallest absolute Gasteiger partial charge is 0.252 e. The Morgan fingerprint density at radius 2 is 1.83 bits per heavy atom. The average molecular weight is 379 g/mol. The van der Waals surface area contributed by atoms with Gasteiger partial charge in [-0.3, -0.25) is 9.59 Å². The van der Waals surface area contributed by atoms with Crippen molar-refractivity contribution in [3.05, 3.63) is 69.9 Å². The molecular weight excluding hydrogens is 363 g/mol. The molecule has 0 fully saturated rings. The molecule has 0 unspecified atom stereocenters. The zero-order valence-corrected chi connectivity index (χ0v) is 13.9. The van der Waals surface area contributed by atoms with Crippen molar-refractivity contribution in [2.45, 2.75) is 6.42 Å². The van der Waals surface area contributed by atoms with E-state index < -0.39 is 0 Å². The second-order valence-electron chi connectivity index (χ2n) is 4.89. The molecular formula is C17H16BrFN2O2. The highest BCUT2D eigenvalue weighted by Crippen LogP contribution is 2.15. The Morgan fingerprint density at radius 1 is 1.04 bits per heavy atom. The van der Waals surface area contributed by atoms with Crippen LogP contribution >= 0.6 is 15.9 Å². The van der Waals surface area contributed by atoms with Gasteiger partial charge in [-0.1, -0.05) is 24.3 Å². The van der Waals surface area contributed by atoms with Crippen LogP contribution in [0.15, 0.2) is 53.0 Å². The molecule has 2 aromatic rings. The molecule has 23 heavy (non-hydrogen) atoms. The van der Waals surface area contributed by atoms with Crippen LogP contribution in [-0.4, -0.2) is 24.9 Å². The van der Waals surface area contributed by atoms with Crippen molar-refractivity contribution in [1.29, 1.82) is 0 Å². The third-order valence-corrected chi connectivity index (χ3v) is 3.84. The Balaban J connectivity index is 1.73. The molecule has 0 aliphatic heterocycles. The summed E-state index contributed by atoms with van der Waals surface area (Å²) in [5.41, 5.74) is 1.28. The first-order chi connectivity index (χ1) is 11.1. The van der Waals surface area contributed by atoms with Crippen LogP contribution in [-0.2, 0) is 11.2 Å². The Morgan fingerprint density at radius 3 is 2.57 bits per heavy atom. The van der Waals surface area contributed by atoms with E-state index in [2.05, 4.69) is 26.6 Å². The summed E-state index contributed by atoms with van der Waals surface area (Å²) in [6.07, 6.45) is 0.529. The highest BCUT2D eigenvalue weighted by Gasteiger charge is 2.10. The minimum atomic E-state index is -0.322. The van der Waals surface area contributed by atoms with E-state index in [0.29, 0.717) is 23.0 Å². The fraction of sp³-hybridized carbons (Fsp3) is 0.176. The number of hydrogen-bond acceptors (Lipinski definition) is 2. The summed E-state index contributed by atoms with van der Waals surface area (Å²) in [7, 11) is 0. The molecule has 2 amide bonds. The summed E-state index contributed by atoms with van der Waals surface area (Å²) in [5, 5.41) is 5.24. The molecule has 2 N–H and O–H groups in total. The van der Waals surface area contributed by atoms with Crippen molar-refractivity contribution in [2.24, 2.45) is 0 Å². The number of amides is 2. The summed E-state index contributed by atoms with van der Waals surface area (Å²) in [6, 6.07) is 13.2. The van der Waals surface area contributed by atoms with Crippen LogP contribution in [0.5, 0.6) is 0 Å². The number of carbonyl (C=O) groups is 2. The van der Waals surface area contributed by atoms with Gasteiger partial charge in [0.25, 0.3) is 5.91 Å². The minimum absolute atomic E-state index is 0.108. The van der Waals surface area contributed by atoms with E-state index >= 15 is 0 Å². The molecule has 0 bridgehead atoms. The normalized spacial score (nSPS) is 10.2. The molecule has 0 saturated carbocycles. The monoisotopic (exact) mass is 378 g/mol. The van der Waals surface area contributed by atoms with Gasteiger partial charge in [-0.15, -0.1) is 0 Å². The molecule has 6 heteroatoms. The highest BCUT2D eigenvalue weighted by molar-refractivity contribution is 9.10. The van der Waals surface area contributed by atoms with Gasteiger partial charge in [0.1, 0.15) is 5.82 Å². The first kappa shape index (κ1) is 17.1. The predicted molar refractivity (Wildman–Crippen MR) is 89.6 cm³/mol. The zero-order chi connectivity index (χ0) is 16.7. The van der Waals surface area contributed by atoms with Crippen LogP contribution in [0.2, 0.25) is 0 Å².